The average molecular weight is 587 g/mol. The molecule has 210 valence electrons. The van der Waals surface area contributed by atoms with Crippen LogP contribution in [0, 0.1) is 5.82 Å². The van der Waals surface area contributed by atoms with E-state index in [-0.39, 0.29) is 55.3 Å². The number of ether oxygens (including phenoxy) is 1. The zero-order valence-corrected chi connectivity index (χ0v) is 23.3. The van der Waals surface area contributed by atoms with E-state index in [1.54, 1.807) is 42.2 Å². The molecule has 1 aliphatic heterocycles. The minimum absolute atomic E-state index is 0.0405. The summed E-state index contributed by atoms with van der Waals surface area (Å²) in [5, 5.41) is 4.51. The summed E-state index contributed by atoms with van der Waals surface area (Å²) in [5.41, 5.74) is 0.440. The highest BCUT2D eigenvalue weighted by atomic mass is 32.2. The first-order chi connectivity index (χ1) is 19.3. The smallest absolute Gasteiger partial charge is 0.409 e. The number of thiazole rings is 1. The normalized spacial score (nSPS) is 14.4. The molecule has 4 aromatic rings. The van der Waals surface area contributed by atoms with E-state index >= 15 is 0 Å². The largest absolute Gasteiger partial charge is 0.450 e. The summed E-state index contributed by atoms with van der Waals surface area (Å²) in [4.78, 5) is 32.9. The van der Waals surface area contributed by atoms with Crippen LogP contribution in [0.25, 0.3) is 10.2 Å². The molecule has 1 saturated heterocycles. The maximum absolute atomic E-state index is 14.3. The van der Waals surface area contributed by atoms with Crippen molar-refractivity contribution >= 4 is 48.7 Å². The van der Waals surface area contributed by atoms with E-state index in [0.717, 1.165) is 0 Å². The number of amides is 2. The zero-order chi connectivity index (χ0) is 28.3. The van der Waals surface area contributed by atoms with E-state index in [2.05, 4.69) is 10.1 Å². The average Bonchev–Trinajstić information content (AvgIpc) is 3.64. The number of aromatic nitrogens is 3. The number of hydrogen-bond donors (Lipinski definition) is 0. The van der Waals surface area contributed by atoms with Crippen molar-refractivity contribution in [1.29, 1.82) is 0 Å². The van der Waals surface area contributed by atoms with Crippen LogP contribution in [-0.2, 0) is 21.3 Å². The van der Waals surface area contributed by atoms with Gasteiger partial charge in [0.25, 0.3) is 5.91 Å². The van der Waals surface area contributed by atoms with E-state index in [9.17, 15) is 22.4 Å². The van der Waals surface area contributed by atoms with Gasteiger partial charge >= 0.3 is 6.09 Å². The Labute approximate surface area is 234 Å². The molecule has 1 fully saturated rings. The van der Waals surface area contributed by atoms with Crippen molar-refractivity contribution in [2.45, 2.75) is 18.4 Å². The molecule has 11 nitrogen and oxygen atoms in total. The summed E-state index contributed by atoms with van der Waals surface area (Å²) >= 11 is 1.20. The molecule has 0 saturated carbocycles. The second-order valence-electron chi connectivity index (χ2n) is 8.92. The molecular formula is C26H27FN6O5S2. The Morgan fingerprint density at radius 3 is 2.48 bits per heavy atom. The first-order valence-electron chi connectivity index (χ1n) is 12.6. The van der Waals surface area contributed by atoms with Gasteiger partial charge in [-0.15, -0.1) is 0 Å². The molecular weight excluding hydrogens is 559 g/mol. The standard InChI is InChI=1S/C26H27FN6O5S2/c1-2-38-26(35)30-13-16-32(17-14-30)40(36,37)20-9-7-19(8-10-20)24(34)33(18-15-31-12-4-11-28-31)25-29-23-21(27)5-3-6-22(23)39-25/h3-12H,2,13-18H2,1H3. The van der Waals surface area contributed by atoms with E-state index < -0.39 is 27.8 Å². The Hall–Kier alpha value is -3.88. The summed E-state index contributed by atoms with van der Waals surface area (Å²) < 4.78 is 49.4. The molecule has 0 bridgehead atoms. The molecule has 5 rings (SSSR count). The van der Waals surface area contributed by atoms with Gasteiger partial charge in [0.15, 0.2) is 5.13 Å². The quantitative estimate of drug-likeness (QED) is 0.310. The Bertz CT molecular complexity index is 1600. The van der Waals surface area contributed by atoms with Gasteiger partial charge in [-0.25, -0.2) is 22.6 Å². The van der Waals surface area contributed by atoms with Crippen molar-refractivity contribution in [3.63, 3.8) is 0 Å². The van der Waals surface area contributed by atoms with Crippen molar-refractivity contribution in [2.24, 2.45) is 0 Å². The van der Waals surface area contributed by atoms with Crippen LogP contribution < -0.4 is 4.90 Å². The number of carbonyl (C=O) groups excluding carboxylic acids is 2. The Balaban J connectivity index is 1.35. The molecule has 2 amide bonds. The number of fused-ring (bicyclic) bond motifs is 1. The fourth-order valence-electron chi connectivity index (χ4n) is 4.34. The first kappa shape index (κ1) is 27.7. The highest BCUT2D eigenvalue weighted by molar-refractivity contribution is 7.89. The van der Waals surface area contributed by atoms with Gasteiger partial charge in [-0.3, -0.25) is 14.4 Å². The van der Waals surface area contributed by atoms with Crippen molar-refractivity contribution in [2.75, 3.05) is 44.2 Å². The summed E-state index contributed by atoms with van der Waals surface area (Å²) in [6, 6.07) is 12.1. The Morgan fingerprint density at radius 1 is 1.07 bits per heavy atom. The molecule has 0 atom stereocenters. The van der Waals surface area contributed by atoms with Gasteiger partial charge < -0.3 is 9.64 Å². The summed E-state index contributed by atoms with van der Waals surface area (Å²) in [5.74, 6) is -0.879. The molecule has 0 spiro atoms. The van der Waals surface area contributed by atoms with Crippen LogP contribution in [0.15, 0.2) is 65.8 Å². The van der Waals surface area contributed by atoms with E-state index in [0.29, 0.717) is 16.4 Å². The summed E-state index contributed by atoms with van der Waals surface area (Å²) in [7, 11) is -3.83. The number of piperazine rings is 1. The molecule has 0 aliphatic carbocycles. The van der Waals surface area contributed by atoms with E-state index in [4.69, 9.17) is 4.74 Å². The van der Waals surface area contributed by atoms with Crippen molar-refractivity contribution in [3.8, 4) is 0 Å². The molecule has 0 N–H and O–H groups in total. The minimum Gasteiger partial charge on any atom is -0.450 e. The Morgan fingerprint density at radius 2 is 1.82 bits per heavy atom. The molecule has 0 unspecified atom stereocenters. The highest BCUT2D eigenvalue weighted by Gasteiger charge is 2.31. The minimum atomic E-state index is -3.83. The maximum Gasteiger partial charge on any atom is 0.409 e. The number of benzene rings is 2. The molecule has 14 heteroatoms. The lowest BCUT2D eigenvalue weighted by atomic mass is 10.2. The van der Waals surface area contributed by atoms with Crippen molar-refractivity contribution in [1.82, 2.24) is 24.0 Å². The first-order valence-corrected chi connectivity index (χ1v) is 14.9. The summed E-state index contributed by atoms with van der Waals surface area (Å²) in [6.07, 6.45) is 2.94. The molecule has 3 heterocycles. The van der Waals surface area contributed by atoms with E-state index in [1.807, 2.05) is 0 Å². The van der Waals surface area contributed by atoms with Crippen LogP contribution in [0.4, 0.5) is 14.3 Å². The third kappa shape index (κ3) is 5.69. The van der Waals surface area contributed by atoms with Crippen LogP contribution in [0.2, 0.25) is 0 Å². The van der Waals surface area contributed by atoms with Crippen molar-refractivity contribution < 1.29 is 27.1 Å². The van der Waals surface area contributed by atoms with Crippen LogP contribution in [-0.4, -0.2) is 83.7 Å². The lowest BCUT2D eigenvalue weighted by Gasteiger charge is -2.33. The zero-order valence-electron chi connectivity index (χ0n) is 21.6. The van der Waals surface area contributed by atoms with Gasteiger partial charge in [0.05, 0.1) is 22.7 Å². The van der Waals surface area contributed by atoms with Crippen LogP contribution >= 0.6 is 11.3 Å². The number of sulfonamides is 1. The predicted molar refractivity (Wildman–Crippen MR) is 147 cm³/mol. The Kier molecular flexibility index (Phi) is 8.09. The fraction of sp³-hybridized carbons (Fsp3) is 0.308. The summed E-state index contributed by atoms with van der Waals surface area (Å²) in [6.45, 7) is 3.28. The molecule has 2 aromatic heterocycles. The molecule has 1 aliphatic rings. The third-order valence-corrected chi connectivity index (χ3v) is 9.41. The number of anilines is 1. The number of rotatable bonds is 8. The topological polar surface area (TPSA) is 118 Å². The van der Waals surface area contributed by atoms with Gasteiger partial charge in [-0.2, -0.15) is 9.40 Å². The van der Waals surface area contributed by atoms with Gasteiger partial charge in [-0.05, 0) is 49.4 Å². The number of hydrogen-bond acceptors (Lipinski definition) is 8. The second kappa shape index (κ2) is 11.7. The number of carbonyl (C=O) groups is 2. The predicted octanol–water partition coefficient (Wildman–Crippen LogP) is 3.44. The SMILES string of the molecule is CCOC(=O)N1CCN(S(=O)(=O)c2ccc(C(=O)N(CCn3cccn3)c3nc4c(F)cccc4s3)cc2)CC1. The molecule has 0 radical (unpaired) electrons. The van der Waals surface area contributed by atoms with Crippen LogP contribution in [0.3, 0.4) is 0 Å². The molecule has 40 heavy (non-hydrogen) atoms. The van der Waals surface area contributed by atoms with Gasteiger partial charge in [0.2, 0.25) is 10.0 Å². The molecule has 2 aromatic carbocycles. The van der Waals surface area contributed by atoms with Crippen LogP contribution in [0.1, 0.15) is 17.3 Å². The number of nitrogens with zero attached hydrogens (tertiary/aromatic N) is 6. The lowest BCUT2D eigenvalue weighted by molar-refractivity contribution is 0.0933. The van der Waals surface area contributed by atoms with E-state index in [1.165, 1.54) is 55.8 Å². The van der Waals surface area contributed by atoms with Gasteiger partial charge in [0, 0.05) is 50.7 Å². The fourth-order valence-corrected chi connectivity index (χ4v) is 6.76. The third-order valence-electron chi connectivity index (χ3n) is 6.45. The van der Waals surface area contributed by atoms with Crippen molar-refractivity contribution in [3.05, 3.63) is 72.3 Å². The van der Waals surface area contributed by atoms with Gasteiger partial charge in [-0.1, -0.05) is 17.4 Å². The maximum atomic E-state index is 14.3. The lowest BCUT2D eigenvalue weighted by Crippen LogP contribution is -2.50. The second-order valence-corrected chi connectivity index (χ2v) is 11.9. The highest BCUT2D eigenvalue weighted by Crippen LogP contribution is 2.31. The van der Waals surface area contributed by atoms with Gasteiger partial charge in [0.1, 0.15) is 11.3 Å². The monoisotopic (exact) mass is 586 g/mol. The number of para-hydroxylation sites is 1. The number of halogens is 1. The van der Waals surface area contributed by atoms with Crippen LogP contribution in [0.5, 0.6) is 0 Å².